The van der Waals surface area contributed by atoms with Gasteiger partial charge in [-0.15, -0.1) is 0 Å². The third-order valence-corrected chi connectivity index (χ3v) is 3.05. The van der Waals surface area contributed by atoms with E-state index in [1.807, 2.05) is 0 Å². The van der Waals surface area contributed by atoms with E-state index >= 15 is 0 Å². The van der Waals surface area contributed by atoms with Crippen LogP contribution in [0.25, 0.3) is 0 Å². The van der Waals surface area contributed by atoms with E-state index in [1.54, 1.807) is 0 Å². The molecule has 0 aliphatic carbocycles. The van der Waals surface area contributed by atoms with E-state index in [0.29, 0.717) is 13.0 Å². The Bertz CT molecular complexity index is 402. The van der Waals surface area contributed by atoms with Gasteiger partial charge in [0.25, 0.3) is 5.91 Å². The zero-order valence-electron chi connectivity index (χ0n) is 8.95. The Balaban J connectivity index is 2.07. The van der Waals surface area contributed by atoms with Gasteiger partial charge in [-0.05, 0) is 19.3 Å². The smallest absolute Gasteiger partial charge is 0.253 e. The topological polar surface area (TPSA) is 64.1 Å². The molecule has 1 amide bonds. The van der Waals surface area contributed by atoms with Gasteiger partial charge in [0.1, 0.15) is 18.1 Å². The Labute approximate surface area is 108 Å². The summed E-state index contributed by atoms with van der Waals surface area (Å²) < 4.78 is 5.35. The highest BCUT2D eigenvalue weighted by Gasteiger charge is 2.23. The van der Waals surface area contributed by atoms with Gasteiger partial charge in [-0.1, -0.05) is 23.2 Å². The molecule has 5 nitrogen and oxygen atoms in total. The zero-order valence-corrected chi connectivity index (χ0v) is 10.5. The first-order valence-electron chi connectivity index (χ1n) is 5.27. The van der Waals surface area contributed by atoms with Gasteiger partial charge in [0, 0.05) is 6.61 Å². The average molecular weight is 276 g/mol. The Morgan fingerprint density at radius 3 is 2.65 bits per heavy atom. The van der Waals surface area contributed by atoms with Crippen LogP contribution in [0.2, 0.25) is 10.3 Å². The van der Waals surface area contributed by atoms with Crippen molar-refractivity contribution in [3.63, 3.8) is 0 Å². The summed E-state index contributed by atoms with van der Waals surface area (Å²) >= 11 is 11.6. The lowest BCUT2D eigenvalue weighted by atomic mass is 10.1. The van der Waals surface area contributed by atoms with Gasteiger partial charge in [0.05, 0.1) is 0 Å². The number of halogens is 2. The number of rotatable bonds is 2. The average Bonchev–Trinajstić information content (AvgIpc) is 2.35. The number of amides is 1. The van der Waals surface area contributed by atoms with Gasteiger partial charge in [-0.2, -0.15) is 0 Å². The maximum Gasteiger partial charge on any atom is 0.253 e. The second-order valence-corrected chi connectivity index (χ2v) is 4.39. The molecule has 1 fully saturated rings. The molecule has 2 rings (SSSR count). The molecule has 0 saturated carbocycles. The van der Waals surface area contributed by atoms with Gasteiger partial charge in [0.2, 0.25) is 0 Å². The third-order valence-electron chi connectivity index (χ3n) is 2.48. The number of nitrogens with one attached hydrogen (secondary N) is 1. The first kappa shape index (κ1) is 12.5. The highest BCUT2D eigenvalue weighted by molar-refractivity contribution is 6.38. The standard InChI is InChI=1S/C10H11Cl2N3O2/c11-8-7(9(12)14-5-13-8)15-10(16)6-3-1-2-4-17-6/h5-6H,1-4H2,(H,15,16). The predicted molar refractivity (Wildman–Crippen MR) is 64.3 cm³/mol. The fraction of sp³-hybridized carbons (Fsp3) is 0.500. The van der Waals surface area contributed by atoms with E-state index in [2.05, 4.69) is 15.3 Å². The molecule has 17 heavy (non-hydrogen) atoms. The molecule has 1 atom stereocenters. The van der Waals surface area contributed by atoms with Crippen LogP contribution >= 0.6 is 23.2 Å². The molecule has 1 N–H and O–H groups in total. The summed E-state index contributed by atoms with van der Waals surface area (Å²) in [5, 5.41) is 2.83. The van der Waals surface area contributed by atoms with Crippen molar-refractivity contribution >= 4 is 34.8 Å². The minimum absolute atomic E-state index is 0.120. The van der Waals surface area contributed by atoms with Gasteiger partial charge >= 0.3 is 0 Å². The van der Waals surface area contributed by atoms with Gasteiger partial charge < -0.3 is 10.1 Å². The van der Waals surface area contributed by atoms with Crippen LogP contribution < -0.4 is 5.32 Å². The molecule has 1 unspecified atom stereocenters. The predicted octanol–water partition coefficient (Wildman–Crippen LogP) is 2.29. The van der Waals surface area contributed by atoms with Gasteiger partial charge in [0.15, 0.2) is 10.3 Å². The maximum absolute atomic E-state index is 11.9. The van der Waals surface area contributed by atoms with Crippen molar-refractivity contribution in [2.24, 2.45) is 0 Å². The van der Waals surface area contributed by atoms with Crippen molar-refractivity contribution in [2.75, 3.05) is 11.9 Å². The van der Waals surface area contributed by atoms with Crippen molar-refractivity contribution in [1.82, 2.24) is 9.97 Å². The minimum Gasteiger partial charge on any atom is -0.368 e. The lowest BCUT2D eigenvalue weighted by Gasteiger charge is -2.21. The van der Waals surface area contributed by atoms with Crippen LogP contribution in [0.3, 0.4) is 0 Å². The summed E-state index contributed by atoms with van der Waals surface area (Å²) in [6.07, 6.45) is 3.45. The molecule has 0 bridgehead atoms. The molecule has 7 heteroatoms. The number of aromatic nitrogens is 2. The van der Waals surface area contributed by atoms with Crippen LogP contribution in [0.15, 0.2) is 6.33 Å². The van der Waals surface area contributed by atoms with E-state index in [-0.39, 0.29) is 21.9 Å². The molecule has 1 aliphatic heterocycles. The van der Waals surface area contributed by atoms with Crippen molar-refractivity contribution in [3.8, 4) is 0 Å². The molecule has 1 aliphatic rings. The quantitative estimate of drug-likeness (QED) is 0.842. The van der Waals surface area contributed by atoms with Crippen LogP contribution in [-0.4, -0.2) is 28.6 Å². The highest BCUT2D eigenvalue weighted by Crippen LogP contribution is 2.26. The second kappa shape index (κ2) is 5.62. The molecule has 1 aromatic heterocycles. The molecule has 0 radical (unpaired) electrons. The summed E-state index contributed by atoms with van der Waals surface area (Å²) in [6.45, 7) is 0.602. The molecular weight excluding hydrogens is 265 g/mol. The third kappa shape index (κ3) is 3.06. The molecule has 92 valence electrons. The Morgan fingerprint density at radius 2 is 2.06 bits per heavy atom. The van der Waals surface area contributed by atoms with Crippen molar-refractivity contribution < 1.29 is 9.53 Å². The summed E-state index contributed by atoms with van der Waals surface area (Å²) in [5.74, 6) is -0.261. The number of carbonyl (C=O) groups is 1. The number of nitrogens with zero attached hydrogens (tertiary/aromatic N) is 2. The summed E-state index contributed by atoms with van der Waals surface area (Å²) in [6, 6.07) is 0. The SMILES string of the molecule is O=C(Nc1c(Cl)ncnc1Cl)C1CCCCO1. The fourth-order valence-corrected chi connectivity index (χ4v) is 2.01. The summed E-state index contributed by atoms with van der Waals surface area (Å²) in [4.78, 5) is 19.4. The highest BCUT2D eigenvalue weighted by atomic mass is 35.5. The number of hydrogen-bond acceptors (Lipinski definition) is 4. The zero-order chi connectivity index (χ0) is 12.3. The normalized spacial score (nSPS) is 20.0. The van der Waals surface area contributed by atoms with Crippen LogP contribution in [0.1, 0.15) is 19.3 Å². The van der Waals surface area contributed by atoms with Gasteiger partial charge in [-0.3, -0.25) is 4.79 Å². The van der Waals surface area contributed by atoms with Crippen molar-refractivity contribution in [3.05, 3.63) is 16.6 Å². The number of anilines is 1. The number of hydrogen-bond donors (Lipinski definition) is 1. The Morgan fingerprint density at radius 1 is 1.35 bits per heavy atom. The van der Waals surface area contributed by atoms with Crippen LogP contribution in [0.4, 0.5) is 5.69 Å². The molecule has 1 saturated heterocycles. The molecule has 0 spiro atoms. The minimum atomic E-state index is -0.448. The number of carbonyl (C=O) groups excluding carboxylic acids is 1. The first-order chi connectivity index (χ1) is 8.18. The Hall–Kier alpha value is -0.910. The molecular formula is C10H11Cl2N3O2. The van der Waals surface area contributed by atoms with E-state index in [4.69, 9.17) is 27.9 Å². The lowest BCUT2D eigenvalue weighted by molar-refractivity contribution is -0.129. The second-order valence-electron chi connectivity index (χ2n) is 3.67. The van der Waals surface area contributed by atoms with Crippen molar-refractivity contribution in [1.29, 1.82) is 0 Å². The molecule has 1 aromatic rings. The van der Waals surface area contributed by atoms with E-state index in [1.165, 1.54) is 6.33 Å². The summed E-state index contributed by atoms with van der Waals surface area (Å²) in [7, 11) is 0. The van der Waals surface area contributed by atoms with Crippen LogP contribution in [0.5, 0.6) is 0 Å². The number of ether oxygens (including phenoxy) is 1. The van der Waals surface area contributed by atoms with Crippen molar-refractivity contribution in [2.45, 2.75) is 25.4 Å². The Kier molecular flexibility index (Phi) is 4.15. The monoisotopic (exact) mass is 275 g/mol. The molecule has 2 heterocycles. The fourth-order valence-electron chi connectivity index (χ4n) is 1.60. The van der Waals surface area contributed by atoms with E-state index in [0.717, 1.165) is 12.8 Å². The first-order valence-corrected chi connectivity index (χ1v) is 6.02. The van der Waals surface area contributed by atoms with Gasteiger partial charge in [-0.25, -0.2) is 9.97 Å². The van der Waals surface area contributed by atoms with Crippen LogP contribution in [-0.2, 0) is 9.53 Å². The molecule has 0 aromatic carbocycles. The maximum atomic E-state index is 11.9. The van der Waals surface area contributed by atoms with E-state index < -0.39 is 6.10 Å². The largest absolute Gasteiger partial charge is 0.368 e. The van der Waals surface area contributed by atoms with Crippen LogP contribution in [0, 0.1) is 0 Å². The lowest BCUT2D eigenvalue weighted by Crippen LogP contribution is -2.33. The van der Waals surface area contributed by atoms with E-state index in [9.17, 15) is 4.79 Å². The summed E-state index contributed by atoms with van der Waals surface area (Å²) in [5.41, 5.74) is 0.231.